The zero-order valence-corrected chi connectivity index (χ0v) is 21.2. The van der Waals surface area contributed by atoms with Crippen LogP contribution in [0.4, 0.5) is 11.6 Å². The predicted octanol–water partition coefficient (Wildman–Crippen LogP) is 2.12. The van der Waals surface area contributed by atoms with Gasteiger partial charge in [-0.2, -0.15) is 9.97 Å². The van der Waals surface area contributed by atoms with Gasteiger partial charge in [-0.05, 0) is 36.9 Å². The number of ether oxygens (including phenoxy) is 2. The molecule has 3 N–H and O–H groups in total. The first-order valence-corrected chi connectivity index (χ1v) is 12.5. The largest absolute Gasteiger partial charge is 0.469 e. The Morgan fingerprint density at radius 1 is 1.19 bits per heavy atom. The molecule has 1 amide bonds. The average molecular weight is 500 g/mol. The molecule has 0 bridgehead atoms. The predicted molar refractivity (Wildman–Crippen MR) is 137 cm³/mol. The summed E-state index contributed by atoms with van der Waals surface area (Å²) in [7, 11) is 1.38. The van der Waals surface area contributed by atoms with Crippen LogP contribution in [0.25, 0.3) is 0 Å². The normalized spacial score (nSPS) is 12.8. The van der Waals surface area contributed by atoms with E-state index in [1.54, 1.807) is 4.90 Å². The highest BCUT2D eigenvalue weighted by Crippen LogP contribution is 2.32. The number of methoxy groups -OCH3 is 1. The number of amides is 1. The van der Waals surface area contributed by atoms with E-state index in [1.807, 2.05) is 24.3 Å². The number of fused-ring (bicyclic) bond motifs is 1. The van der Waals surface area contributed by atoms with E-state index in [0.29, 0.717) is 43.4 Å². The lowest BCUT2D eigenvalue weighted by atomic mass is 10.1. The van der Waals surface area contributed by atoms with Gasteiger partial charge in [0.05, 0.1) is 33.2 Å². The van der Waals surface area contributed by atoms with E-state index in [2.05, 4.69) is 21.8 Å². The number of carbonyl (C=O) groups excluding carboxylic acids is 2. The molecule has 0 radical (unpaired) electrons. The molecule has 196 valence electrons. The smallest absolute Gasteiger partial charge is 0.320 e. The van der Waals surface area contributed by atoms with Gasteiger partial charge in [0.25, 0.3) is 0 Å². The summed E-state index contributed by atoms with van der Waals surface area (Å²) in [6.07, 6.45) is 3.93. The summed E-state index contributed by atoms with van der Waals surface area (Å²) in [5.74, 6) is 0.537. The lowest BCUT2D eigenvalue weighted by Crippen LogP contribution is -2.31. The Morgan fingerprint density at radius 3 is 2.75 bits per heavy atom. The van der Waals surface area contributed by atoms with Gasteiger partial charge in [0.15, 0.2) is 0 Å². The molecule has 0 atom stereocenters. The maximum atomic E-state index is 12.6. The fourth-order valence-corrected chi connectivity index (χ4v) is 4.18. The minimum atomic E-state index is -0.274. The molecule has 0 unspecified atom stereocenters. The van der Waals surface area contributed by atoms with Crippen molar-refractivity contribution < 1.29 is 24.2 Å². The van der Waals surface area contributed by atoms with Crippen molar-refractivity contribution in [2.75, 3.05) is 50.6 Å². The highest BCUT2D eigenvalue weighted by molar-refractivity contribution is 6.01. The van der Waals surface area contributed by atoms with Crippen LogP contribution in [0.1, 0.15) is 49.3 Å². The van der Waals surface area contributed by atoms with Crippen LogP contribution in [-0.4, -0.2) is 71.8 Å². The number of hydrogen-bond acceptors (Lipinski definition) is 9. The molecule has 0 saturated carbocycles. The first kappa shape index (κ1) is 27.3. The van der Waals surface area contributed by atoms with Crippen LogP contribution in [0.3, 0.4) is 0 Å². The molecule has 1 aromatic carbocycles. The number of nitrogens with zero attached hydrogens (tertiary/aromatic N) is 4. The monoisotopic (exact) mass is 499 g/mol. The summed E-state index contributed by atoms with van der Waals surface area (Å²) < 4.78 is 10.4. The molecule has 0 spiro atoms. The lowest BCUT2D eigenvalue weighted by Gasteiger charge is -2.23. The molecule has 36 heavy (non-hydrogen) atoms. The standard InChI is InChI=1S/C26H37N5O5/c1-3-4-14-36-26-28-24(27)21-17-22(33)31(25(21)29-26)11-6-5-10-30(12-13-32)18-20-9-7-8-19(15-20)16-23(34)35-2/h7-9,15,32H,3-6,10-14,16-18H2,1-2H3,(H2,27,28,29). The van der Waals surface area contributed by atoms with Crippen LogP contribution in [0.2, 0.25) is 0 Å². The Kier molecular flexibility index (Phi) is 10.4. The van der Waals surface area contributed by atoms with Crippen molar-refractivity contribution in [2.24, 2.45) is 0 Å². The molecule has 0 fully saturated rings. The third-order valence-corrected chi connectivity index (χ3v) is 6.11. The van der Waals surface area contributed by atoms with Crippen molar-refractivity contribution in [1.29, 1.82) is 0 Å². The molecular formula is C26H37N5O5. The van der Waals surface area contributed by atoms with Gasteiger partial charge in [-0.25, -0.2) is 0 Å². The minimum absolute atomic E-state index is 0.0358. The fraction of sp³-hybridized carbons (Fsp3) is 0.538. The molecule has 1 aliphatic heterocycles. The Bertz CT molecular complexity index is 1030. The fourth-order valence-electron chi connectivity index (χ4n) is 4.18. The van der Waals surface area contributed by atoms with Crippen LogP contribution < -0.4 is 15.4 Å². The van der Waals surface area contributed by atoms with E-state index in [1.165, 1.54) is 7.11 Å². The Morgan fingerprint density at radius 2 is 2.00 bits per heavy atom. The third-order valence-electron chi connectivity index (χ3n) is 6.11. The molecule has 10 heteroatoms. The number of aliphatic hydroxyl groups excluding tert-OH is 1. The number of anilines is 2. The van der Waals surface area contributed by atoms with Gasteiger partial charge in [0, 0.05) is 25.2 Å². The maximum absolute atomic E-state index is 12.6. The van der Waals surface area contributed by atoms with Crippen LogP contribution in [0.15, 0.2) is 24.3 Å². The Hall–Kier alpha value is -3.24. The third kappa shape index (κ3) is 7.63. The first-order valence-electron chi connectivity index (χ1n) is 12.5. The molecule has 1 aliphatic rings. The summed E-state index contributed by atoms with van der Waals surface area (Å²) in [5, 5.41) is 9.53. The number of aromatic nitrogens is 2. The van der Waals surface area contributed by atoms with Crippen molar-refractivity contribution in [1.82, 2.24) is 14.9 Å². The second-order valence-electron chi connectivity index (χ2n) is 8.90. The summed E-state index contributed by atoms with van der Waals surface area (Å²) >= 11 is 0. The SMILES string of the molecule is CCCCOc1nc(N)c2c(n1)N(CCCCN(CCO)Cc1cccc(CC(=O)OC)c1)C(=O)C2. The highest BCUT2D eigenvalue weighted by atomic mass is 16.5. The molecular weight excluding hydrogens is 462 g/mol. The Balaban J connectivity index is 1.55. The number of rotatable bonds is 15. The van der Waals surface area contributed by atoms with Crippen molar-refractivity contribution in [3.63, 3.8) is 0 Å². The zero-order chi connectivity index (χ0) is 25.9. The van der Waals surface area contributed by atoms with Crippen LogP contribution >= 0.6 is 0 Å². The second kappa shape index (κ2) is 13.7. The van der Waals surface area contributed by atoms with Gasteiger partial charge in [0.1, 0.15) is 11.6 Å². The molecule has 2 heterocycles. The van der Waals surface area contributed by atoms with E-state index in [-0.39, 0.29) is 37.3 Å². The molecule has 0 aliphatic carbocycles. The molecule has 10 nitrogen and oxygen atoms in total. The van der Waals surface area contributed by atoms with E-state index >= 15 is 0 Å². The van der Waals surface area contributed by atoms with Crippen molar-refractivity contribution >= 4 is 23.5 Å². The molecule has 3 rings (SSSR count). The van der Waals surface area contributed by atoms with Crippen LogP contribution in [-0.2, 0) is 33.7 Å². The summed E-state index contributed by atoms with van der Waals surface area (Å²) in [5.41, 5.74) is 8.71. The number of hydrogen-bond donors (Lipinski definition) is 2. The molecule has 1 aromatic heterocycles. The van der Waals surface area contributed by atoms with Gasteiger partial charge in [-0.1, -0.05) is 37.6 Å². The highest BCUT2D eigenvalue weighted by Gasteiger charge is 2.31. The number of unbranched alkanes of at least 4 members (excludes halogenated alkanes) is 2. The number of esters is 1. The lowest BCUT2D eigenvalue weighted by molar-refractivity contribution is -0.139. The Labute approximate surface area is 212 Å². The maximum Gasteiger partial charge on any atom is 0.320 e. The van der Waals surface area contributed by atoms with Gasteiger partial charge >= 0.3 is 12.0 Å². The van der Waals surface area contributed by atoms with E-state index in [4.69, 9.17) is 15.2 Å². The van der Waals surface area contributed by atoms with Crippen molar-refractivity contribution in [2.45, 2.75) is 52.0 Å². The quantitative estimate of drug-likeness (QED) is 0.279. The number of benzene rings is 1. The average Bonchev–Trinajstić information content (AvgIpc) is 3.17. The topological polar surface area (TPSA) is 131 Å². The van der Waals surface area contributed by atoms with E-state index in [0.717, 1.165) is 43.4 Å². The summed E-state index contributed by atoms with van der Waals surface area (Å²) in [6, 6.07) is 8.04. The van der Waals surface area contributed by atoms with Gasteiger partial charge in [-0.15, -0.1) is 0 Å². The number of nitrogen functional groups attached to an aromatic ring is 1. The summed E-state index contributed by atoms with van der Waals surface area (Å²) in [4.78, 5) is 36.7. The van der Waals surface area contributed by atoms with Gasteiger partial charge < -0.3 is 20.3 Å². The zero-order valence-electron chi connectivity index (χ0n) is 21.2. The number of carbonyl (C=O) groups is 2. The number of nitrogens with two attached hydrogens (primary N) is 1. The minimum Gasteiger partial charge on any atom is -0.469 e. The van der Waals surface area contributed by atoms with Gasteiger partial charge in [-0.3, -0.25) is 19.4 Å². The second-order valence-corrected chi connectivity index (χ2v) is 8.90. The molecule has 2 aromatic rings. The molecule has 0 saturated heterocycles. The number of aliphatic hydroxyl groups is 1. The van der Waals surface area contributed by atoms with Crippen molar-refractivity contribution in [3.05, 3.63) is 41.0 Å². The van der Waals surface area contributed by atoms with E-state index < -0.39 is 0 Å². The van der Waals surface area contributed by atoms with Crippen LogP contribution in [0, 0.1) is 0 Å². The first-order chi connectivity index (χ1) is 17.4. The van der Waals surface area contributed by atoms with Crippen molar-refractivity contribution in [3.8, 4) is 6.01 Å². The van der Waals surface area contributed by atoms with E-state index in [9.17, 15) is 14.7 Å². The van der Waals surface area contributed by atoms with Crippen LogP contribution in [0.5, 0.6) is 6.01 Å². The summed E-state index contributed by atoms with van der Waals surface area (Å²) in [6.45, 7) is 5.11. The van der Waals surface area contributed by atoms with Gasteiger partial charge in [0.2, 0.25) is 5.91 Å².